The summed E-state index contributed by atoms with van der Waals surface area (Å²) in [6, 6.07) is 5.19. The number of carbonyl (C=O) groups excluding carboxylic acids is 1. The Morgan fingerprint density at radius 3 is 2.80 bits per heavy atom. The summed E-state index contributed by atoms with van der Waals surface area (Å²) in [6.07, 6.45) is 2.29. The highest BCUT2D eigenvalue weighted by molar-refractivity contribution is 6.29. The Bertz CT molecular complexity index is 610. The van der Waals surface area contributed by atoms with Crippen LogP contribution in [0.25, 0.3) is 0 Å². The molecule has 1 heterocycles. The maximum Gasteiger partial charge on any atom is 0.172 e. The van der Waals surface area contributed by atoms with Crippen LogP contribution in [0.15, 0.2) is 24.4 Å². The number of aldehydes is 1. The topological polar surface area (TPSA) is 53.4 Å². The van der Waals surface area contributed by atoms with E-state index in [4.69, 9.17) is 21.1 Å². The van der Waals surface area contributed by atoms with Gasteiger partial charge in [-0.3, -0.25) is 4.79 Å². The fraction of sp³-hybridized carbons (Fsp3) is 0.286. The number of carbonyl (C=O) groups is 1. The SMILES string of the molecule is CCOc1cccc(C=O)c1OCc1ncc(Cl)n1C. The molecular weight excluding hydrogens is 280 g/mol. The van der Waals surface area contributed by atoms with E-state index in [9.17, 15) is 4.79 Å². The second-order valence-electron chi connectivity index (χ2n) is 4.07. The van der Waals surface area contributed by atoms with Crippen LogP contribution in [0.4, 0.5) is 0 Å². The molecule has 0 aliphatic heterocycles. The normalized spacial score (nSPS) is 10.3. The summed E-state index contributed by atoms with van der Waals surface area (Å²) in [6.45, 7) is 2.57. The molecule has 0 aliphatic carbocycles. The lowest BCUT2D eigenvalue weighted by Gasteiger charge is -2.13. The molecule has 0 spiro atoms. The highest BCUT2D eigenvalue weighted by Gasteiger charge is 2.12. The molecule has 106 valence electrons. The van der Waals surface area contributed by atoms with Gasteiger partial charge in [-0.1, -0.05) is 17.7 Å². The first-order chi connectivity index (χ1) is 9.67. The van der Waals surface area contributed by atoms with E-state index in [2.05, 4.69) is 4.98 Å². The minimum Gasteiger partial charge on any atom is -0.490 e. The average molecular weight is 295 g/mol. The van der Waals surface area contributed by atoms with E-state index < -0.39 is 0 Å². The Kier molecular flexibility index (Phi) is 4.63. The lowest BCUT2D eigenvalue weighted by atomic mass is 10.2. The van der Waals surface area contributed by atoms with Gasteiger partial charge in [-0.25, -0.2) is 4.98 Å². The van der Waals surface area contributed by atoms with Gasteiger partial charge in [0.05, 0.1) is 18.4 Å². The van der Waals surface area contributed by atoms with E-state index in [0.29, 0.717) is 34.6 Å². The predicted molar refractivity (Wildman–Crippen MR) is 75.5 cm³/mol. The third kappa shape index (κ3) is 2.93. The van der Waals surface area contributed by atoms with Gasteiger partial charge in [-0.05, 0) is 19.1 Å². The fourth-order valence-electron chi connectivity index (χ4n) is 1.74. The summed E-state index contributed by atoms with van der Waals surface area (Å²) in [5.74, 6) is 1.62. The van der Waals surface area contributed by atoms with Gasteiger partial charge in [0.25, 0.3) is 0 Å². The Balaban J connectivity index is 2.23. The molecule has 0 saturated heterocycles. The van der Waals surface area contributed by atoms with Gasteiger partial charge in [0.2, 0.25) is 0 Å². The minimum absolute atomic E-state index is 0.203. The minimum atomic E-state index is 0.203. The van der Waals surface area contributed by atoms with Gasteiger partial charge < -0.3 is 14.0 Å². The Morgan fingerprint density at radius 2 is 2.20 bits per heavy atom. The molecule has 0 amide bonds. The van der Waals surface area contributed by atoms with E-state index in [-0.39, 0.29) is 6.61 Å². The zero-order chi connectivity index (χ0) is 14.5. The third-order valence-electron chi connectivity index (χ3n) is 2.81. The number of hydrogen-bond acceptors (Lipinski definition) is 4. The molecule has 5 nitrogen and oxygen atoms in total. The molecule has 0 saturated carbocycles. The Labute approximate surface area is 122 Å². The quantitative estimate of drug-likeness (QED) is 0.769. The maximum atomic E-state index is 11.1. The summed E-state index contributed by atoms with van der Waals surface area (Å²) in [7, 11) is 1.79. The number of benzene rings is 1. The van der Waals surface area contributed by atoms with E-state index in [0.717, 1.165) is 6.29 Å². The first kappa shape index (κ1) is 14.4. The van der Waals surface area contributed by atoms with Crippen molar-refractivity contribution in [1.29, 1.82) is 0 Å². The molecule has 0 fully saturated rings. The van der Waals surface area contributed by atoms with Crippen molar-refractivity contribution in [1.82, 2.24) is 9.55 Å². The summed E-state index contributed by atoms with van der Waals surface area (Å²) in [5, 5.41) is 0.525. The number of aromatic nitrogens is 2. The molecule has 2 rings (SSSR count). The number of ether oxygens (including phenoxy) is 2. The number of rotatable bonds is 6. The fourth-order valence-corrected chi connectivity index (χ4v) is 1.89. The predicted octanol–water partition coefficient (Wildman–Crippen LogP) is 2.86. The Morgan fingerprint density at radius 1 is 1.40 bits per heavy atom. The summed E-state index contributed by atoms with van der Waals surface area (Å²) < 4.78 is 12.9. The molecule has 1 aromatic heterocycles. The monoisotopic (exact) mass is 294 g/mol. The lowest BCUT2D eigenvalue weighted by Crippen LogP contribution is -2.06. The first-order valence-electron chi connectivity index (χ1n) is 6.17. The molecule has 2 aromatic rings. The van der Waals surface area contributed by atoms with Gasteiger partial charge in [0, 0.05) is 7.05 Å². The molecule has 0 aliphatic rings. The third-order valence-corrected chi connectivity index (χ3v) is 3.16. The summed E-state index contributed by atoms with van der Waals surface area (Å²) in [4.78, 5) is 15.2. The molecule has 0 bridgehead atoms. The average Bonchev–Trinajstić information content (AvgIpc) is 2.77. The Hall–Kier alpha value is -2.01. The van der Waals surface area contributed by atoms with Crippen LogP contribution in [0, 0.1) is 0 Å². The van der Waals surface area contributed by atoms with E-state index >= 15 is 0 Å². The molecule has 0 unspecified atom stereocenters. The van der Waals surface area contributed by atoms with E-state index in [1.165, 1.54) is 0 Å². The van der Waals surface area contributed by atoms with Gasteiger partial charge in [-0.15, -0.1) is 0 Å². The highest BCUT2D eigenvalue weighted by atomic mass is 35.5. The molecule has 6 heteroatoms. The maximum absolute atomic E-state index is 11.1. The lowest BCUT2D eigenvalue weighted by molar-refractivity contribution is 0.111. The van der Waals surface area contributed by atoms with Crippen molar-refractivity contribution in [3.63, 3.8) is 0 Å². The van der Waals surface area contributed by atoms with Crippen LogP contribution in [0.3, 0.4) is 0 Å². The van der Waals surface area contributed by atoms with Crippen molar-refractivity contribution < 1.29 is 14.3 Å². The van der Waals surface area contributed by atoms with Gasteiger partial charge in [0.1, 0.15) is 17.6 Å². The number of para-hydroxylation sites is 1. The van der Waals surface area contributed by atoms with Crippen LogP contribution >= 0.6 is 11.6 Å². The zero-order valence-electron chi connectivity index (χ0n) is 11.3. The number of hydrogen-bond donors (Lipinski definition) is 0. The van der Waals surface area contributed by atoms with Crippen molar-refractivity contribution in [3.05, 3.63) is 40.9 Å². The second kappa shape index (κ2) is 6.43. The smallest absolute Gasteiger partial charge is 0.172 e. The second-order valence-corrected chi connectivity index (χ2v) is 4.46. The number of nitrogens with zero attached hydrogens (tertiary/aromatic N) is 2. The van der Waals surface area contributed by atoms with Crippen molar-refractivity contribution in [3.8, 4) is 11.5 Å². The van der Waals surface area contributed by atoms with Gasteiger partial charge in [0.15, 0.2) is 17.8 Å². The highest BCUT2D eigenvalue weighted by Crippen LogP contribution is 2.31. The van der Waals surface area contributed by atoms with Gasteiger partial charge >= 0.3 is 0 Å². The van der Waals surface area contributed by atoms with Gasteiger partial charge in [-0.2, -0.15) is 0 Å². The van der Waals surface area contributed by atoms with E-state index in [1.54, 1.807) is 36.0 Å². The summed E-state index contributed by atoms with van der Waals surface area (Å²) >= 11 is 5.91. The molecular formula is C14H15ClN2O3. The van der Waals surface area contributed by atoms with E-state index in [1.807, 2.05) is 6.92 Å². The van der Waals surface area contributed by atoms with Crippen LogP contribution in [-0.4, -0.2) is 22.4 Å². The van der Waals surface area contributed by atoms with Crippen molar-refractivity contribution in [2.45, 2.75) is 13.5 Å². The zero-order valence-corrected chi connectivity index (χ0v) is 12.1. The summed E-state index contributed by atoms with van der Waals surface area (Å²) in [5.41, 5.74) is 0.441. The number of imidazole rings is 1. The number of halogens is 1. The molecule has 0 N–H and O–H groups in total. The van der Waals surface area contributed by atoms with Crippen molar-refractivity contribution in [2.75, 3.05) is 6.61 Å². The molecule has 20 heavy (non-hydrogen) atoms. The van der Waals surface area contributed by atoms with Crippen molar-refractivity contribution >= 4 is 17.9 Å². The molecule has 0 radical (unpaired) electrons. The van der Waals surface area contributed by atoms with Crippen LogP contribution in [0.2, 0.25) is 5.15 Å². The first-order valence-corrected chi connectivity index (χ1v) is 6.55. The van der Waals surface area contributed by atoms with Crippen molar-refractivity contribution in [2.24, 2.45) is 7.05 Å². The largest absolute Gasteiger partial charge is 0.490 e. The van der Waals surface area contributed by atoms with Crippen LogP contribution in [-0.2, 0) is 13.7 Å². The van der Waals surface area contributed by atoms with Crippen LogP contribution in [0.1, 0.15) is 23.1 Å². The molecule has 1 aromatic carbocycles. The molecule has 0 atom stereocenters. The van der Waals surface area contributed by atoms with Crippen LogP contribution < -0.4 is 9.47 Å². The standard InChI is InChI=1S/C14H15ClN2O3/c1-3-19-11-6-4-5-10(8-18)14(11)20-9-13-16-7-12(15)17(13)2/h4-8H,3,9H2,1-2H3. The van der Waals surface area contributed by atoms with Crippen LogP contribution in [0.5, 0.6) is 11.5 Å².